The van der Waals surface area contributed by atoms with Crippen LogP contribution in [0.2, 0.25) is 5.02 Å². The van der Waals surface area contributed by atoms with E-state index in [-0.39, 0.29) is 18.3 Å². The third-order valence-corrected chi connectivity index (χ3v) is 4.33. The Hall–Kier alpha value is -2.72. The standard InChI is InChI=1S/C21H20ClNO3/c1-3-15-7-9-16(10-8-15)23-21(24)19-12-11-17(26-19)13-25-20-14(2)5-4-6-18(20)22/h4-12H,3,13H2,1-2H3,(H,23,24). The molecule has 0 atom stereocenters. The highest BCUT2D eigenvalue weighted by molar-refractivity contribution is 6.32. The first-order chi connectivity index (χ1) is 12.6. The summed E-state index contributed by atoms with van der Waals surface area (Å²) in [6, 6.07) is 16.7. The molecule has 26 heavy (non-hydrogen) atoms. The molecule has 1 N–H and O–H groups in total. The van der Waals surface area contributed by atoms with Crippen molar-refractivity contribution in [3.63, 3.8) is 0 Å². The minimum Gasteiger partial charge on any atom is -0.484 e. The predicted octanol–water partition coefficient (Wildman–Crippen LogP) is 5.64. The normalized spacial score (nSPS) is 10.6. The molecule has 0 aliphatic carbocycles. The van der Waals surface area contributed by atoms with Gasteiger partial charge in [0.2, 0.25) is 0 Å². The molecule has 5 heteroatoms. The summed E-state index contributed by atoms with van der Waals surface area (Å²) in [6.45, 7) is 4.21. The van der Waals surface area contributed by atoms with Gasteiger partial charge < -0.3 is 14.5 Å². The van der Waals surface area contributed by atoms with Crippen LogP contribution in [-0.2, 0) is 13.0 Å². The van der Waals surface area contributed by atoms with Gasteiger partial charge in [0.25, 0.3) is 5.91 Å². The average molecular weight is 370 g/mol. The zero-order valence-corrected chi connectivity index (χ0v) is 15.5. The highest BCUT2D eigenvalue weighted by atomic mass is 35.5. The fraction of sp³-hybridized carbons (Fsp3) is 0.190. The smallest absolute Gasteiger partial charge is 0.291 e. The molecule has 0 fully saturated rings. The molecular weight excluding hydrogens is 350 g/mol. The van der Waals surface area contributed by atoms with Gasteiger partial charge in [-0.1, -0.05) is 42.8 Å². The Morgan fingerprint density at radius 3 is 2.58 bits per heavy atom. The minimum atomic E-state index is -0.297. The van der Waals surface area contributed by atoms with E-state index in [2.05, 4.69) is 12.2 Å². The van der Waals surface area contributed by atoms with Gasteiger partial charge >= 0.3 is 0 Å². The van der Waals surface area contributed by atoms with Crippen molar-refractivity contribution in [2.75, 3.05) is 5.32 Å². The summed E-state index contributed by atoms with van der Waals surface area (Å²) in [5, 5.41) is 3.37. The highest BCUT2D eigenvalue weighted by Gasteiger charge is 2.13. The number of benzene rings is 2. The molecule has 0 saturated carbocycles. The molecule has 1 amide bonds. The molecule has 134 valence electrons. The summed E-state index contributed by atoms with van der Waals surface area (Å²) in [4.78, 5) is 12.3. The molecule has 4 nitrogen and oxygen atoms in total. The van der Waals surface area contributed by atoms with Crippen LogP contribution in [0.1, 0.15) is 34.4 Å². The van der Waals surface area contributed by atoms with Crippen molar-refractivity contribution in [1.29, 1.82) is 0 Å². The third-order valence-electron chi connectivity index (χ3n) is 4.03. The first kappa shape index (κ1) is 18.1. The summed E-state index contributed by atoms with van der Waals surface area (Å²) in [5.74, 6) is 1.11. The topological polar surface area (TPSA) is 51.5 Å². The van der Waals surface area contributed by atoms with Crippen LogP contribution in [0.3, 0.4) is 0 Å². The molecule has 1 heterocycles. The largest absolute Gasteiger partial charge is 0.484 e. The summed E-state index contributed by atoms with van der Waals surface area (Å²) < 4.78 is 11.3. The molecule has 0 bridgehead atoms. The van der Waals surface area contributed by atoms with Crippen molar-refractivity contribution in [2.45, 2.75) is 26.9 Å². The number of furan rings is 1. The van der Waals surface area contributed by atoms with Crippen LogP contribution >= 0.6 is 11.6 Å². The molecule has 2 aromatic carbocycles. The summed E-state index contributed by atoms with van der Waals surface area (Å²) >= 11 is 6.14. The number of hydrogen-bond donors (Lipinski definition) is 1. The zero-order valence-electron chi connectivity index (χ0n) is 14.7. The SMILES string of the molecule is CCc1ccc(NC(=O)c2ccc(COc3c(C)cccc3Cl)o2)cc1. The monoisotopic (exact) mass is 369 g/mol. The van der Waals surface area contributed by atoms with Crippen molar-refractivity contribution in [3.05, 3.63) is 82.3 Å². The van der Waals surface area contributed by atoms with Gasteiger partial charge in [0.1, 0.15) is 18.1 Å². The molecule has 0 spiro atoms. The van der Waals surface area contributed by atoms with Gasteiger partial charge in [-0.15, -0.1) is 0 Å². The van der Waals surface area contributed by atoms with E-state index in [0.717, 1.165) is 17.7 Å². The van der Waals surface area contributed by atoms with Crippen LogP contribution in [0.15, 0.2) is 59.0 Å². The number of hydrogen-bond acceptors (Lipinski definition) is 3. The van der Waals surface area contributed by atoms with E-state index in [0.29, 0.717) is 16.5 Å². The Bertz CT molecular complexity index is 880. The number of ether oxygens (including phenoxy) is 1. The molecule has 0 aliphatic heterocycles. The van der Waals surface area contributed by atoms with Crippen LogP contribution in [0.5, 0.6) is 5.75 Å². The maximum absolute atomic E-state index is 12.3. The fourth-order valence-corrected chi connectivity index (χ4v) is 2.81. The molecule has 0 aliphatic rings. The molecule has 3 aromatic rings. The maximum atomic E-state index is 12.3. The van der Waals surface area contributed by atoms with Gasteiger partial charge in [0.05, 0.1) is 5.02 Å². The van der Waals surface area contributed by atoms with Crippen LogP contribution in [0.25, 0.3) is 0 Å². The fourth-order valence-electron chi connectivity index (χ4n) is 2.54. The van der Waals surface area contributed by atoms with Crippen molar-refractivity contribution in [1.82, 2.24) is 0 Å². The number of carbonyl (C=O) groups excluding carboxylic acids is 1. The third kappa shape index (κ3) is 4.27. The average Bonchev–Trinajstić information content (AvgIpc) is 3.11. The number of amides is 1. The molecule has 0 saturated heterocycles. The van der Waals surface area contributed by atoms with Crippen molar-refractivity contribution in [2.24, 2.45) is 0 Å². The molecule has 3 rings (SSSR count). The first-order valence-corrected chi connectivity index (χ1v) is 8.81. The first-order valence-electron chi connectivity index (χ1n) is 8.43. The Balaban J connectivity index is 1.62. The Morgan fingerprint density at radius 2 is 1.88 bits per heavy atom. The van der Waals surface area contributed by atoms with Crippen LogP contribution in [0, 0.1) is 6.92 Å². The van der Waals surface area contributed by atoms with Crippen molar-refractivity contribution < 1.29 is 13.9 Å². The van der Waals surface area contributed by atoms with Gasteiger partial charge in [-0.2, -0.15) is 0 Å². The Morgan fingerprint density at radius 1 is 1.12 bits per heavy atom. The molecular formula is C21H20ClNO3. The second-order valence-corrected chi connectivity index (χ2v) is 6.35. The predicted molar refractivity (Wildman–Crippen MR) is 103 cm³/mol. The minimum absolute atomic E-state index is 0.197. The molecule has 0 radical (unpaired) electrons. The number of nitrogens with one attached hydrogen (secondary N) is 1. The zero-order chi connectivity index (χ0) is 18.5. The summed E-state index contributed by atoms with van der Waals surface area (Å²) in [6.07, 6.45) is 0.959. The summed E-state index contributed by atoms with van der Waals surface area (Å²) in [7, 11) is 0. The highest BCUT2D eigenvalue weighted by Crippen LogP contribution is 2.28. The Labute approximate surface area is 157 Å². The lowest BCUT2D eigenvalue weighted by Gasteiger charge is -2.09. The van der Waals surface area contributed by atoms with E-state index in [1.807, 2.05) is 43.3 Å². The van der Waals surface area contributed by atoms with Crippen molar-refractivity contribution >= 4 is 23.2 Å². The number of rotatable bonds is 6. The number of aryl methyl sites for hydroxylation is 2. The second kappa shape index (κ2) is 8.11. The van der Waals surface area contributed by atoms with E-state index in [9.17, 15) is 4.79 Å². The molecule has 0 unspecified atom stereocenters. The van der Waals surface area contributed by atoms with Crippen molar-refractivity contribution in [3.8, 4) is 5.75 Å². The number of halogens is 1. The van der Waals surface area contributed by atoms with E-state index < -0.39 is 0 Å². The number of para-hydroxylation sites is 1. The van der Waals surface area contributed by atoms with Crippen LogP contribution in [0.4, 0.5) is 5.69 Å². The van der Waals surface area contributed by atoms with Crippen LogP contribution in [-0.4, -0.2) is 5.91 Å². The van der Waals surface area contributed by atoms with Crippen LogP contribution < -0.4 is 10.1 Å². The van der Waals surface area contributed by atoms with E-state index in [4.69, 9.17) is 20.8 Å². The lowest BCUT2D eigenvalue weighted by molar-refractivity contribution is 0.0992. The van der Waals surface area contributed by atoms with E-state index in [1.54, 1.807) is 18.2 Å². The second-order valence-electron chi connectivity index (χ2n) is 5.95. The van der Waals surface area contributed by atoms with Gasteiger partial charge in [-0.05, 0) is 54.8 Å². The lowest BCUT2D eigenvalue weighted by atomic mass is 10.1. The van der Waals surface area contributed by atoms with E-state index in [1.165, 1.54) is 5.56 Å². The quantitative estimate of drug-likeness (QED) is 0.612. The van der Waals surface area contributed by atoms with Gasteiger partial charge in [0, 0.05) is 5.69 Å². The van der Waals surface area contributed by atoms with Gasteiger partial charge in [-0.25, -0.2) is 0 Å². The lowest BCUT2D eigenvalue weighted by Crippen LogP contribution is -2.10. The van der Waals surface area contributed by atoms with E-state index >= 15 is 0 Å². The van der Waals surface area contributed by atoms with Gasteiger partial charge in [-0.3, -0.25) is 4.79 Å². The Kier molecular flexibility index (Phi) is 5.64. The summed E-state index contributed by atoms with van der Waals surface area (Å²) in [5.41, 5.74) is 2.89. The number of anilines is 1. The maximum Gasteiger partial charge on any atom is 0.291 e. The van der Waals surface area contributed by atoms with Gasteiger partial charge in [0.15, 0.2) is 5.76 Å². The number of carbonyl (C=O) groups is 1. The molecule has 1 aromatic heterocycles.